The molecule has 2 nitrogen and oxygen atoms in total. The van der Waals surface area contributed by atoms with Gasteiger partial charge in [0.2, 0.25) is 0 Å². The quantitative estimate of drug-likeness (QED) is 0.151. The van der Waals surface area contributed by atoms with Gasteiger partial charge in [0.15, 0.2) is 0 Å². The molecule has 0 saturated carbocycles. The summed E-state index contributed by atoms with van der Waals surface area (Å²) in [7, 11) is 0. The summed E-state index contributed by atoms with van der Waals surface area (Å²) in [5, 5.41) is 0. The Bertz CT molecular complexity index is 3640. The number of rotatable bonds is 8. The SMILES string of the molecule is c1ccc(-c2ccc(-c3ccc(N(c4ccc5c(c4)C4(c6ccccc6Oc6ccccc64)c4ccccc4-5)c4ccccc4-c4ccccc4-c4ccccc4-c4ccccc4)cc3)cc2)cc1. The predicted molar refractivity (Wildman–Crippen MR) is 286 cm³/mol. The third kappa shape index (κ3) is 6.64. The Labute approximate surface area is 403 Å². The van der Waals surface area contributed by atoms with Crippen LogP contribution in [0.25, 0.3) is 66.8 Å². The fraction of sp³-hybridized carbons (Fsp3) is 0.0149. The Hall–Kier alpha value is -8.98. The number of nitrogens with zero attached hydrogens (tertiary/aromatic N) is 1. The van der Waals surface area contributed by atoms with E-state index >= 15 is 0 Å². The lowest BCUT2D eigenvalue weighted by Crippen LogP contribution is -2.32. The van der Waals surface area contributed by atoms with E-state index in [9.17, 15) is 0 Å². The number of anilines is 3. The van der Waals surface area contributed by atoms with Crippen molar-refractivity contribution >= 4 is 17.1 Å². The molecule has 0 unspecified atom stereocenters. The number of ether oxygens (including phenoxy) is 1. The largest absolute Gasteiger partial charge is 0.457 e. The van der Waals surface area contributed by atoms with Gasteiger partial charge in [-0.15, -0.1) is 0 Å². The fourth-order valence-electron chi connectivity index (χ4n) is 11.1. The molecule has 11 aromatic carbocycles. The van der Waals surface area contributed by atoms with Crippen molar-refractivity contribution in [2.24, 2.45) is 0 Å². The molecule has 0 amide bonds. The summed E-state index contributed by atoms with van der Waals surface area (Å²) in [6.45, 7) is 0. The maximum atomic E-state index is 6.73. The van der Waals surface area contributed by atoms with Gasteiger partial charge in [-0.05, 0) is 115 Å². The highest BCUT2D eigenvalue weighted by Crippen LogP contribution is 2.63. The molecule has 0 aromatic heterocycles. The minimum atomic E-state index is -0.609. The van der Waals surface area contributed by atoms with Gasteiger partial charge < -0.3 is 9.64 Å². The van der Waals surface area contributed by atoms with Gasteiger partial charge in [-0.2, -0.15) is 0 Å². The van der Waals surface area contributed by atoms with Crippen LogP contribution in [0.3, 0.4) is 0 Å². The minimum absolute atomic E-state index is 0.609. The van der Waals surface area contributed by atoms with E-state index in [0.717, 1.165) is 56.4 Å². The van der Waals surface area contributed by atoms with Gasteiger partial charge in [0, 0.05) is 28.1 Å². The first-order valence-electron chi connectivity index (χ1n) is 23.7. The first kappa shape index (κ1) is 40.3. The topological polar surface area (TPSA) is 12.5 Å². The highest BCUT2D eigenvalue weighted by molar-refractivity contribution is 5.98. The molecule has 1 heterocycles. The molecule has 0 radical (unpaired) electrons. The van der Waals surface area contributed by atoms with Crippen molar-refractivity contribution in [3.05, 3.63) is 295 Å². The molecule has 1 spiro atoms. The normalized spacial score (nSPS) is 12.6. The van der Waals surface area contributed by atoms with Crippen LogP contribution in [-0.4, -0.2) is 0 Å². The molecule has 1 aliphatic carbocycles. The zero-order valence-corrected chi connectivity index (χ0v) is 37.8. The summed E-state index contributed by atoms with van der Waals surface area (Å²) >= 11 is 0. The van der Waals surface area contributed by atoms with Gasteiger partial charge in [-0.3, -0.25) is 0 Å². The first-order chi connectivity index (χ1) is 34.2. The Morgan fingerprint density at radius 2 is 0.638 bits per heavy atom. The van der Waals surface area contributed by atoms with E-state index < -0.39 is 5.41 Å². The van der Waals surface area contributed by atoms with E-state index in [1.807, 2.05) is 0 Å². The Balaban J connectivity index is 1.02. The molecule has 2 aliphatic rings. The Morgan fingerprint density at radius 3 is 1.25 bits per heavy atom. The molecule has 0 atom stereocenters. The Morgan fingerprint density at radius 1 is 0.246 bits per heavy atom. The van der Waals surface area contributed by atoms with Crippen molar-refractivity contribution in [3.63, 3.8) is 0 Å². The molecule has 0 fully saturated rings. The highest BCUT2D eigenvalue weighted by atomic mass is 16.5. The second-order valence-electron chi connectivity index (χ2n) is 17.9. The molecule has 0 N–H and O–H groups in total. The molecular formula is C67H45NO. The van der Waals surface area contributed by atoms with Crippen molar-refractivity contribution in [2.75, 3.05) is 4.90 Å². The van der Waals surface area contributed by atoms with Crippen LogP contribution in [0.15, 0.2) is 273 Å². The van der Waals surface area contributed by atoms with Crippen LogP contribution in [-0.2, 0) is 5.41 Å². The maximum absolute atomic E-state index is 6.73. The van der Waals surface area contributed by atoms with E-state index in [0.29, 0.717) is 0 Å². The summed E-state index contributed by atoms with van der Waals surface area (Å²) in [4.78, 5) is 2.46. The molecule has 0 saturated heterocycles. The molecule has 11 aromatic rings. The van der Waals surface area contributed by atoms with Crippen LogP contribution in [0.4, 0.5) is 17.1 Å². The Kier molecular flexibility index (Phi) is 9.77. The lowest BCUT2D eigenvalue weighted by Gasteiger charge is -2.39. The fourth-order valence-corrected chi connectivity index (χ4v) is 11.1. The number of hydrogen-bond acceptors (Lipinski definition) is 2. The first-order valence-corrected chi connectivity index (χ1v) is 23.7. The summed E-state index contributed by atoms with van der Waals surface area (Å²) in [6, 6.07) is 99.1. The van der Waals surface area contributed by atoms with Crippen molar-refractivity contribution in [1.82, 2.24) is 0 Å². The van der Waals surface area contributed by atoms with Gasteiger partial charge in [-0.1, -0.05) is 231 Å². The predicted octanol–water partition coefficient (Wildman–Crippen LogP) is 18.0. The third-order valence-corrected chi connectivity index (χ3v) is 14.2. The average Bonchev–Trinajstić information content (AvgIpc) is 3.71. The number of para-hydroxylation sites is 3. The maximum Gasteiger partial charge on any atom is 0.132 e. The smallest absolute Gasteiger partial charge is 0.132 e. The zero-order chi connectivity index (χ0) is 45.7. The third-order valence-electron chi connectivity index (χ3n) is 14.2. The molecule has 69 heavy (non-hydrogen) atoms. The van der Waals surface area contributed by atoms with Crippen LogP contribution in [0.1, 0.15) is 22.3 Å². The molecule has 2 heteroatoms. The number of benzene rings is 11. The van der Waals surface area contributed by atoms with Crippen LogP contribution in [0.2, 0.25) is 0 Å². The van der Waals surface area contributed by atoms with Gasteiger partial charge in [-0.25, -0.2) is 0 Å². The molecule has 13 rings (SSSR count). The van der Waals surface area contributed by atoms with Gasteiger partial charge in [0.05, 0.1) is 11.1 Å². The van der Waals surface area contributed by atoms with Crippen LogP contribution < -0.4 is 9.64 Å². The minimum Gasteiger partial charge on any atom is -0.457 e. The van der Waals surface area contributed by atoms with E-state index in [1.54, 1.807) is 0 Å². The van der Waals surface area contributed by atoms with Crippen molar-refractivity contribution < 1.29 is 4.74 Å². The van der Waals surface area contributed by atoms with Crippen LogP contribution >= 0.6 is 0 Å². The summed E-state index contributed by atoms with van der Waals surface area (Å²) in [6.07, 6.45) is 0. The van der Waals surface area contributed by atoms with E-state index in [2.05, 4.69) is 278 Å². The van der Waals surface area contributed by atoms with Crippen molar-refractivity contribution in [1.29, 1.82) is 0 Å². The van der Waals surface area contributed by atoms with E-state index in [4.69, 9.17) is 4.74 Å². The van der Waals surface area contributed by atoms with Crippen LogP contribution in [0, 0.1) is 0 Å². The lowest BCUT2D eigenvalue weighted by molar-refractivity contribution is 0.436. The lowest BCUT2D eigenvalue weighted by atomic mass is 9.66. The van der Waals surface area contributed by atoms with E-state index in [-0.39, 0.29) is 0 Å². The average molecular weight is 880 g/mol. The molecule has 0 bridgehead atoms. The number of fused-ring (bicyclic) bond motifs is 9. The zero-order valence-electron chi connectivity index (χ0n) is 37.8. The van der Waals surface area contributed by atoms with Gasteiger partial charge >= 0.3 is 0 Å². The van der Waals surface area contributed by atoms with Crippen molar-refractivity contribution in [2.45, 2.75) is 5.41 Å². The summed E-state index contributed by atoms with van der Waals surface area (Å²) in [5.74, 6) is 1.76. The highest BCUT2D eigenvalue weighted by Gasteiger charge is 2.51. The molecular weight excluding hydrogens is 835 g/mol. The van der Waals surface area contributed by atoms with Gasteiger partial charge in [0.1, 0.15) is 11.5 Å². The van der Waals surface area contributed by atoms with Gasteiger partial charge in [0.25, 0.3) is 0 Å². The standard InChI is InChI=1S/C67H45NO/c1-3-19-46(20-4-1)47-35-37-48(38-36-47)49-39-41-51(42-40-49)68(64-32-16-12-28-59(64)56-26-10-9-25-55(56)54-24-8-7-23-53(54)50-21-5-2-6-22-50)52-43-44-58-57-27-11-13-29-60(57)67(63(58)45-52)61-30-14-17-33-65(61)69-66-34-18-15-31-62(66)67/h1-45H. The summed E-state index contributed by atoms with van der Waals surface area (Å²) in [5.41, 5.74) is 21.7. The summed E-state index contributed by atoms with van der Waals surface area (Å²) < 4.78 is 6.73. The number of hydrogen-bond donors (Lipinski definition) is 0. The van der Waals surface area contributed by atoms with Crippen molar-refractivity contribution in [3.8, 4) is 78.3 Å². The molecule has 324 valence electrons. The molecule has 1 aliphatic heterocycles. The van der Waals surface area contributed by atoms with E-state index in [1.165, 1.54) is 61.2 Å². The van der Waals surface area contributed by atoms with Crippen LogP contribution in [0.5, 0.6) is 11.5 Å². The second-order valence-corrected chi connectivity index (χ2v) is 17.9. The monoisotopic (exact) mass is 879 g/mol. The second kappa shape index (κ2) is 16.7.